The maximum Gasteiger partial charge on any atom is 0.228 e. The SMILES string of the molecule is COc1ccc(Cl)cc1NC(=O)C1CC1C(=O)NCCc1ccccc1. The summed E-state index contributed by atoms with van der Waals surface area (Å²) in [5.41, 5.74) is 1.69. The molecule has 0 aromatic heterocycles. The Bertz CT molecular complexity index is 795. The molecule has 1 aliphatic rings. The topological polar surface area (TPSA) is 67.4 Å². The van der Waals surface area contributed by atoms with Crippen LogP contribution in [0.2, 0.25) is 5.02 Å². The van der Waals surface area contributed by atoms with Crippen molar-refractivity contribution in [1.29, 1.82) is 0 Å². The average molecular weight is 373 g/mol. The van der Waals surface area contributed by atoms with Gasteiger partial charge in [0.1, 0.15) is 5.75 Å². The normalized spacial score (nSPS) is 18.1. The van der Waals surface area contributed by atoms with Crippen LogP contribution < -0.4 is 15.4 Å². The number of halogens is 1. The first kappa shape index (κ1) is 18.3. The molecule has 0 bridgehead atoms. The first-order chi connectivity index (χ1) is 12.6. The largest absolute Gasteiger partial charge is 0.495 e. The van der Waals surface area contributed by atoms with E-state index < -0.39 is 0 Å². The number of carbonyl (C=O) groups is 2. The van der Waals surface area contributed by atoms with Gasteiger partial charge in [-0.1, -0.05) is 41.9 Å². The lowest BCUT2D eigenvalue weighted by Crippen LogP contribution is -2.29. The van der Waals surface area contributed by atoms with E-state index in [-0.39, 0.29) is 23.7 Å². The second kappa shape index (κ2) is 8.23. The Morgan fingerprint density at radius 2 is 1.85 bits per heavy atom. The highest BCUT2D eigenvalue weighted by Crippen LogP contribution is 2.40. The molecule has 1 saturated carbocycles. The maximum absolute atomic E-state index is 12.4. The zero-order valence-electron chi connectivity index (χ0n) is 14.5. The second-order valence-corrected chi connectivity index (χ2v) is 6.75. The van der Waals surface area contributed by atoms with Crippen LogP contribution in [0.25, 0.3) is 0 Å². The van der Waals surface area contributed by atoms with Gasteiger partial charge in [-0.2, -0.15) is 0 Å². The van der Waals surface area contributed by atoms with Gasteiger partial charge in [0, 0.05) is 11.6 Å². The third-order valence-corrected chi connectivity index (χ3v) is 4.67. The third kappa shape index (κ3) is 4.55. The summed E-state index contributed by atoms with van der Waals surface area (Å²) in [6.07, 6.45) is 1.34. The lowest BCUT2D eigenvalue weighted by molar-refractivity contribution is -0.125. The summed E-state index contributed by atoms with van der Waals surface area (Å²) in [6.45, 7) is 0.565. The molecule has 0 radical (unpaired) electrons. The van der Waals surface area contributed by atoms with E-state index in [0.29, 0.717) is 29.4 Å². The number of amides is 2. The van der Waals surface area contributed by atoms with Gasteiger partial charge < -0.3 is 15.4 Å². The van der Waals surface area contributed by atoms with Crippen LogP contribution >= 0.6 is 11.6 Å². The van der Waals surface area contributed by atoms with Crippen molar-refractivity contribution in [3.05, 3.63) is 59.1 Å². The van der Waals surface area contributed by atoms with E-state index in [1.165, 1.54) is 12.7 Å². The maximum atomic E-state index is 12.4. The summed E-state index contributed by atoms with van der Waals surface area (Å²) >= 11 is 5.97. The Hall–Kier alpha value is -2.53. The molecule has 0 aliphatic heterocycles. The van der Waals surface area contributed by atoms with E-state index in [0.717, 1.165) is 6.42 Å². The summed E-state index contributed by atoms with van der Waals surface area (Å²) < 4.78 is 5.22. The van der Waals surface area contributed by atoms with Crippen LogP contribution in [0.4, 0.5) is 5.69 Å². The van der Waals surface area contributed by atoms with Crippen LogP contribution in [0, 0.1) is 11.8 Å². The number of benzene rings is 2. The van der Waals surface area contributed by atoms with Crippen LogP contribution in [0.1, 0.15) is 12.0 Å². The van der Waals surface area contributed by atoms with Crippen molar-refractivity contribution in [1.82, 2.24) is 5.32 Å². The predicted molar refractivity (Wildman–Crippen MR) is 101 cm³/mol. The quantitative estimate of drug-likeness (QED) is 0.783. The molecule has 2 aromatic rings. The zero-order chi connectivity index (χ0) is 18.5. The highest BCUT2D eigenvalue weighted by atomic mass is 35.5. The molecule has 1 fully saturated rings. The molecule has 0 heterocycles. The number of methoxy groups -OCH3 is 1. The van der Waals surface area contributed by atoms with E-state index >= 15 is 0 Å². The summed E-state index contributed by atoms with van der Waals surface area (Å²) in [7, 11) is 1.53. The van der Waals surface area contributed by atoms with Crippen molar-refractivity contribution >= 4 is 29.1 Å². The number of hydrogen-bond donors (Lipinski definition) is 2. The molecule has 0 spiro atoms. The Morgan fingerprint density at radius 3 is 2.58 bits per heavy atom. The molecule has 2 amide bonds. The molecule has 3 rings (SSSR count). The lowest BCUT2D eigenvalue weighted by atomic mass is 10.1. The van der Waals surface area contributed by atoms with Gasteiger partial charge in [0.25, 0.3) is 0 Å². The van der Waals surface area contributed by atoms with Gasteiger partial charge in [-0.3, -0.25) is 9.59 Å². The van der Waals surface area contributed by atoms with Crippen molar-refractivity contribution < 1.29 is 14.3 Å². The van der Waals surface area contributed by atoms with Gasteiger partial charge >= 0.3 is 0 Å². The van der Waals surface area contributed by atoms with Crippen LogP contribution in [-0.2, 0) is 16.0 Å². The first-order valence-corrected chi connectivity index (χ1v) is 8.92. The minimum atomic E-state index is -0.310. The minimum absolute atomic E-state index is 0.0702. The van der Waals surface area contributed by atoms with Crippen LogP contribution in [0.5, 0.6) is 5.75 Å². The Morgan fingerprint density at radius 1 is 1.12 bits per heavy atom. The summed E-state index contributed by atoms with van der Waals surface area (Å²) in [4.78, 5) is 24.6. The molecule has 1 aliphatic carbocycles. The highest BCUT2D eigenvalue weighted by Gasteiger charge is 2.48. The van der Waals surface area contributed by atoms with E-state index in [4.69, 9.17) is 16.3 Å². The fourth-order valence-electron chi connectivity index (χ4n) is 2.88. The number of rotatable bonds is 7. The van der Waals surface area contributed by atoms with Gasteiger partial charge in [0.2, 0.25) is 11.8 Å². The molecule has 5 nitrogen and oxygen atoms in total. The third-order valence-electron chi connectivity index (χ3n) is 4.44. The van der Waals surface area contributed by atoms with Crippen molar-refractivity contribution in [2.45, 2.75) is 12.8 Å². The molecular formula is C20H21ClN2O3. The van der Waals surface area contributed by atoms with Crippen LogP contribution in [0.3, 0.4) is 0 Å². The van der Waals surface area contributed by atoms with Crippen LogP contribution in [-0.4, -0.2) is 25.5 Å². The summed E-state index contributed by atoms with van der Waals surface area (Å²) in [6, 6.07) is 15.0. The summed E-state index contributed by atoms with van der Waals surface area (Å²) in [5, 5.41) is 6.22. The molecular weight excluding hydrogens is 352 g/mol. The molecule has 26 heavy (non-hydrogen) atoms. The van der Waals surface area contributed by atoms with Gasteiger partial charge in [-0.15, -0.1) is 0 Å². The van der Waals surface area contributed by atoms with E-state index in [2.05, 4.69) is 10.6 Å². The number of ether oxygens (including phenoxy) is 1. The lowest BCUT2D eigenvalue weighted by Gasteiger charge is -2.10. The fourth-order valence-corrected chi connectivity index (χ4v) is 3.06. The number of anilines is 1. The van der Waals surface area contributed by atoms with E-state index in [1.807, 2.05) is 30.3 Å². The Balaban J connectivity index is 1.48. The van der Waals surface area contributed by atoms with Crippen molar-refractivity contribution in [3.8, 4) is 5.75 Å². The minimum Gasteiger partial charge on any atom is -0.495 e. The smallest absolute Gasteiger partial charge is 0.228 e. The number of carbonyl (C=O) groups excluding carboxylic acids is 2. The average Bonchev–Trinajstić information content (AvgIpc) is 3.44. The second-order valence-electron chi connectivity index (χ2n) is 6.31. The number of hydrogen-bond acceptors (Lipinski definition) is 3. The molecule has 6 heteroatoms. The monoisotopic (exact) mass is 372 g/mol. The Labute approximate surface area is 157 Å². The van der Waals surface area contributed by atoms with Gasteiger partial charge in [0.05, 0.1) is 24.6 Å². The molecule has 0 saturated heterocycles. The first-order valence-electron chi connectivity index (χ1n) is 8.54. The predicted octanol–water partition coefficient (Wildman–Crippen LogP) is 3.28. The van der Waals surface area contributed by atoms with E-state index in [1.54, 1.807) is 18.2 Å². The Kier molecular flexibility index (Phi) is 5.78. The van der Waals surface area contributed by atoms with Gasteiger partial charge in [-0.05, 0) is 36.6 Å². The standard InChI is InChI=1S/C20H21ClN2O3/c1-26-18-8-7-14(21)11-17(18)23-20(25)16-12-15(16)19(24)22-10-9-13-5-3-2-4-6-13/h2-8,11,15-16H,9-10,12H2,1H3,(H,22,24)(H,23,25). The highest BCUT2D eigenvalue weighted by molar-refractivity contribution is 6.31. The van der Waals surface area contributed by atoms with Crippen molar-refractivity contribution in [2.75, 3.05) is 19.0 Å². The van der Waals surface area contributed by atoms with Crippen molar-refractivity contribution in [3.63, 3.8) is 0 Å². The molecule has 2 atom stereocenters. The number of nitrogens with one attached hydrogen (secondary N) is 2. The molecule has 136 valence electrons. The molecule has 2 aromatic carbocycles. The fraction of sp³-hybridized carbons (Fsp3) is 0.300. The zero-order valence-corrected chi connectivity index (χ0v) is 15.3. The van der Waals surface area contributed by atoms with Gasteiger partial charge in [0.15, 0.2) is 0 Å². The molecule has 2 unspecified atom stereocenters. The summed E-state index contributed by atoms with van der Waals surface area (Å²) in [5.74, 6) is -0.299. The molecule has 2 N–H and O–H groups in total. The van der Waals surface area contributed by atoms with Crippen LogP contribution in [0.15, 0.2) is 48.5 Å². The van der Waals surface area contributed by atoms with Crippen molar-refractivity contribution in [2.24, 2.45) is 11.8 Å². The van der Waals surface area contributed by atoms with E-state index in [9.17, 15) is 9.59 Å². The van der Waals surface area contributed by atoms with Gasteiger partial charge in [-0.25, -0.2) is 0 Å².